The Hall–Kier alpha value is -1.12. The fraction of sp³-hybridized carbons (Fsp3) is 0.538. The molecule has 0 spiro atoms. The predicted molar refractivity (Wildman–Crippen MR) is 82.3 cm³/mol. The van der Waals surface area contributed by atoms with Gasteiger partial charge in [0.25, 0.3) is 0 Å². The Morgan fingerprint density at radius 2 is 1.76 bits per heavy atom. The van der Waals surface area contributed by atoms with Crippen LogP contribution in [0.4, 0.5) is 5.69 Å². The number of rotatable bonds is 8. The normalized spacial score (nSPS) is 12.3. The average Bonchev–Trinajstić information content (AvgIpc) is 2.36. The molecule has 0 amide bonds. The Bertz CT molecular complexity index is 681. The Balaban J connectivity index is 2.99. The minimum atomic E-state index is -3.52. The monoisotopic (exact) mass is 335 g/mol. The molecule has 1 aromatic carbocycles. The highest BCUT2D eigenvalue weighted by Crippen LogP contribution is 2.25. The molecule has 0 unspecified atom stereocenters. The van der Waals surface area contributed by atoms with E-state index in [0.717, 1.165) is 18.9 Å². The largest absolute Gasteiger partial charge is 0.384 e. The van der Waals surface area contributed by atoms with Crippen LogP contribution < -0.4 is 5.32 Å². The van der Waals surface area contributed by atoms with Gasteiger partial charge < -0.3 is 10.1 Å². The quantitative estimate of drug-likeness (QED) is 0.721. The van der Waals surface area contributed by atoms with Crippen molar-refractivity contribution in [1.29, 1.82) is 0 Å². The smallest absolute Gasteiger partial charge is 0.177 e. The van der Waals surface area contributed by atoms with Gasteiger partial charge in [-0.25, -0.2) is 16.8 Å². The Morgan fingerprint density at radius 1 is 1.10 bits per heavy atom. The third kappa shape index (κ3) is 5.64. The molecule has 0 aliphatic rings. The first-order valence-electron chi connectivity index (χ1n) is 6.52. The lowest BCUT2D eigenvalue weighted by Gasteiger charge is -2.12. The summed E-state index contributed by atoms with van der Waals surface area (Å²) in [5.41, 5.74) is 0.404. The van der Waals surface area contributed by atoms with Gasteiger partial charge in [-0.05, 0) is 31.5 Å². The van der Waals surface area contributed by atoms with Crippen LogP contribution in [0.2, 0.25) is 0 Å². The van der Waals surface area contributed by atoms with E-state index in [0.29, 0.717) is 25.4 Å². The van der Waals surface area contributed by atoms with Gasteiger partial charge in [-0.1, -0.05) is 0 Å². The van der Waals surface area contributed by atoms with E-state index in [9.17, 15) is 16.8 Å². The molecule has 6 nitrogen and oxygen atoms in total. The Morgan fingerprint density at radius 3 is 2.29 bits per heavy atom. The molecule has 8 heteroatoms. The number of ether oxygens (including phenoxy) is 1. The molecule has 0 fully saturated rings. The van der Waals surface area contributed by atoms with Gasteiger partial charge in [-0.15, -0.1) is 0 Å². The van der Waals surface area contributed by atoms with Gasteiger partial charge in [0, 0.05) is 32.3 Å². The molecule has 0 heterocycles. The van der Waals surface area contributed by atoms with Crippen molar-refractivity contribution in [1.82, 2.24) is 0 Å². The summed E-state index contributed by atoms with van der Waals surface area (Å²) < 4.78 is 51.9. The Labute approximate surface area is 126 Å². The molecule has 21 heavy (non-hydrogen) atoms. The van der Waals surface area contributed by atoms with Gasteiger partial charge in [0.15, 0.2) is 19.7 Å². The van der Waals surface area contributed by atoms with E-state index >= 15 is 0 Å². The van der Waals surface area contributed by atoms with Crippen molar-refractivity contribution >= 4 is 25.4 Å². The summed E-state index contributed by atoms with van der Waals surface area (Å²) in [7, 11) is -6.97. The molecule has 0 aliphatic heterocycles. The first-order chi connectivity index (χ1) is 9.66. The minimum Gasteiger partial charge on any atom is -0.384 e. The maximum atomic E-state index is 11.8. The molecule has 1 N–H and O–H groups in total. The van der Waals surface area contributed by atoms with Crippen LogP contribution in [0.3, 0.4) is 0 Å². The second-order valence-corrected chi connectivity index (χ2v) is 8.68. The van der Waals surface area contributed by atoms with Crippen molar-refractivity contribution < 1.29 is 21.6 Å². The van der Waals surface area contributed by atoms with E-state index in [1.807, 2.05) is 6.92 Å². The zero-order valence-electron chi connectivity index (χ0n) is 12.4. The van der Waals surface area contributed by atoms with Crippen LogP contribution >= 0.6 is 0 Å². The summed E-state index contributed by atoms with van der Waals surface area (Å²) in [6, 6.07) is 4.07. The molecular formula is C13H21NO5S2. The summed E-state index contributed by atoms with van der Waals surface area (Å²) in [6.07, 6.45) is 2.83. The van der Waals surface area contributed by atoms with E-state index in [4.69, 9.17) is 4.74 Å². The van der Waals surface area contributed by atoms with Crippen LogP contribution in [-0.2, 0) is 24.4 Å². The minimum absolute atomic E-state index is 0.0113. The van der Waals surface area contributed by atoms with E-state index in [1.165, 1.54) is 18.2 Å². The highest BCUT2D eigenvalue weighted by Gasteiger charge is 2.17. The summed E-state index contributed by atoms with van der Waals surface area (Å²) in [4.78, 5) is -0.0235. The van der Waals surface area contributed by atoms with Gasteiger partial charge in [0.1, 0.15) is 0 Å². The Kier molecular flexibility index (Phi) is 6.18. The molecule has 0 radical (unpaired) electrons. The standard InChI is InChI=1S/C13H21NO5S2/c1-4-19-9-5-8-14-12-7-6-11(20(2,15)16)10-13(12)21(3,17)18/h6-7,10,14H,4-5,8-9H2,1-3H3. The number of sulfone groups is 2. The van der Waals surface area contributed by atoms with E-state index in [2.05, 4.69) is 5.32 Å². The molecule has 0 aromatic heterocycles. The summed E-state index contributed by atoms with van der Waals surface area (Å²) >= 11 is 0. The second-order valence-electron chi connectivity index (χ2n) is 4.68. The van der Waals surface area contributed by atoms with Crippen molar-refractivity contribution in [3.05, 3.63) is 18.2 Å². The third-order valence-electron chi connectivity index (χ3n) is 2.77. The molecule has 0 bridgehead atoms. The lowest BCUT2D eigenvalue weighted by atomic mass is 10.3. The van der Waals surface area contributed by atoms with Crippen LogP contribution in [0.5, 0.6) is 0 Å². The van der Waals surface area contributed by atoms with Crippen LogP contribution in [0.15, 0.2) is 28.0 Å². The maximum Gasteiger partial charge on any atom is 0.177 e. The van der Waals surface area contributed by atoms with Gasteiger partial charge in [-0.2, -0.15) is 0 Å². The summed E-state index contributed by atoms with van der Waals surface area (Å²) in [5, 5.41) is 3.00. The number of anilines is 1. The highest BCUT2D eigenvalue weighted by atomic mass is 32.2. The predicted octanol–water partition coefficient (Wildman–Crippen LogP) is 1.33. The molecule has 120 valence electrons. The van der Waals surface area contributed by atoms with Gasteiger partial charge >= 0.3 is 0 Å². The van der Waals surface area contributed by atoms with Crippen LogP contribution in [0, 0.1) is 0 Å². The third-order valence-corrected chi connectivity index (χ3v) is 5.01. The van der Waals surface area contributed by atoms with Crippen molar-refractivity contribution in [3.63, 3.8) is 0 Å². The lowest BCUT2D eigenvalue weighted by molar-refractivity contribution is 0.147. The van der Waals surface area contributed by atoms with Gasteiger partial charge in [-0.3, -0.25) is 0 Å². The van der Waals surface area contributed by atoms with Crippen molar-refractivity contribution in [2.24, 2.45) is 0 Å². The molecule has 0 atom stereocenters. The van der Waals surface area contributed by atoms with E-state index < -0.39 is 19.7 Å². The molecule has 1 rings (SSSR count). The zero-order valence-corrected chi connectivity index (χ0v) is 14.1. The fourth-order valence-electron chi connectivity index (χ4n) is 1.73. The van der Waals surface area contributed by atoms with Crippen LogP contribution in [0.1, 0.15) is 13.3 Å². The SMILES string of the molecule is CCOCCCNc1ccc(S(C)(=O)=O)cc1S(C)(=O)=O. The van der Waals surface area contributed by atoms with Crippen molar-refractivity contribution in [3.8, 4) is 0 Å². The summed E-state index contributed by atoms with van der Waals surface area (Å²) in [6.45, 7) is 3.66. The second kappa shape index (κ2) is 7.24. The van der Waals surface area contributed by atoms with Crippen molar-refractivity contribution in [2.75, 3.05) is 37.6 Å². The van der Waals surface area contributed by atoms with Crippen molar-refractivity contribution in [2.45, 2.75) is 23.1 Å². The fourth-order valence-corrected chi connectivity index (χ4v) is 3.33. The first-order valence-corrected chi connectivity index (χ1v) is 10.3. The summed E-state index contributed by atoms with van der Waals surface area (Å²) in [5.74, 6) is 0. The molecule has 1 aromatic rings. The van der Waals surface area contributed by atoms with Gasteiger partial charge in [0.2, 0.25) is 0 Å². The number of nitrogens with one attached hydrogen (secondary N) is 1. The average molecular weight is 335 g/mol. The highest BCUT2D eigenvalue weighted by molar-refractivity contribution is 7.91. The van der Waals surface area contributed by atoms with E-state index in [-0.39, 0.29) is 9.79 Å². The molecule has 0 saturated heterocycles. The zero-order chi connectivity index (χ0) is 16.1. The van der Waals surface area contributed by atoms with Crippen LogP contribution in [0.25, 0.3) is 0 Å². The topological polar surface area (TPSA) is 89.5 Å². The molecular weight excluding hydrogens is 314 g/mol. The molecule has 0 aliphatic carbocycles. The lowest BCUT2D eigenvalue weighted by Crippen LogP contribution is -2.10. The first kappa shape index (κ1) is 17.9. The number of hydrogen-bond donors (Lipinski definition) is 1. The van der Waals surface area contributed by atoms with E-state index in [1.54, 1.807) is 0 Å². The maximum absolute atomic E-state index is 11.8. The number of hydrogen-bond acceptors (Lipinski definition) is 6. The van der Waals surface area contributed by atoms with Gasteiger partial charge in [0.05, 0.1) is 15.5 Å². The van der Waals surface area contributed by atoms with Crippen LogP contribution in [-0.4, -0.2) is 49.1 Å². The molecule has 0 saturated carbocycles. The number of benzene rings is 1.